The van der Waals surface area contributed by atoms with Gasteiger partial charge in [-0.2, -0.15) is 0 Å². The van der Waals surface area contributed by atoms with Crippen molar-refractivity contribution in [1.82, 2.24) is 9.80 Å². The summed E-state index contributed by atoms with van der Waals surface area (Å²) in [7, 11) is -3.02. The SMILES string of the molecule is O=C(c1cccs1)N1CCCC(C(=O)N(C2CC2)C2CCS(=O)(=O)C2)C1. The Hall–Kier alpha value is -1.41. The Balaban J connectivity index is 1.46. The number of nitrogens with zero attached hydrogens (tertiary/aromatic N) is 2. The Kier molecular flexibility index (Phi) is 4.81. The maximum Gasteiger partial charge on any atom is 0.263 e. The molecule has 2 amide bonds. The molecule has 4 rings (SSSR count). The van der Waals surface area contributed by atoms with Gasteiger partial charge in [0.25, 0.3) is 5.91 Å². The van der Waals surface area contributed by atoms with Gasteiger partial charge in [0.05, 0.1) is 22.3 Å². The molecule has 0 radical (unpaired) electrons. The smallest absolute Gasteiger partial charge is 0.263 e. The number of sulfone groups is 1. The zero-order chi connectivity index (χ0) is 18.3. The first-order valence-corrected chi connectivity index (χ1v) is 12.0. The predicted octanol–water partition coefficient (Wildman–Crippen LogP) is 1.78. The van der Waals surface area contributed by atoms with Crippen LogP contribution in [0.15, 0.2) is 17.5 Å². The van der Waals surface area contributed by atoms with Gasteiger partial charge in [0.1, 0.15) is 0 Å². The van der Waals surface area contributed by atoms with E-state index in [1.54, 1.807) is 4.90 Å². The minimum absolute atomic E-state index is 0.00100. The molecule has 2 aliphatic heterocycles. The van der Waals surface area contributed by atoms with E-state index >= 15 is 0 Å². The summed E-state index contributed by atoms with van der Waals surface area (Å²) in [6, 6.07) is 3.70. The second-order valence-electron chi connectivity index (χ2n) is 7.60. The highest BCUT2D eigenvalue weighted by Gasteiger charge is 2.44. The molecule has 1 saturated carbocycles. The lowest BCUT2D eigenvalue weighted by Crippen LogP contribution is -2.50. The molecule has 0 N–H and O–H groups in total. The molecule has 1 aromatic heterocycles. The molecule has 0 aromatic carbocycles. The van der Waals surface area contributed by atoms with Gasteiger partial charge in [-0.05, 0) is 43.6 Å². The molecule has 26 heavy (non-hydrogen) atoms. The maximum absolute atomic E-state index is 13.2. The van der Waals surface area contributed by atoms with Crippen LogP contribution in [0.5, 0.6) is 0 Å². The first-order valence-electron chi connectivity index (χ1n) is 9.30. The van der Waals surface area contributed by atoms with Crippen molar-refractivity contribution in [3.8, 4) is 0 Å². The van der Waals surface area contributed by atoms with Crippen molar-refractivity contribution in [3.05, 3.63) is 22.4 Å². The molecular weight excluding hydrogens is 372 g/mol. The average molecular weight is 397 g/mol. The Morgan fingerprint density at radius 2 is 1.96 bits per heavy atom. The number of thiophene rings is 1. The van der Waals surface area contributed by atoms with Crippen molar-refractivity contribution in [2.24, 2.45) is 5.92 Å². The average Bonchev–Trinajstić information content (AvgIpc) is 3.16. The molecule has 1 aliphatic carbocycles. The normalized spacial score (nSPS) is 28.1. The Morgan fingerprint density at radius 3 is 2.58 bits per heavy atom. The van der Waals surface area contributed by atoms with Crippen molar-refractivity contribution in [1.29, 1.82) is 0 Å². The summed E-state index contributed by atoms with van der Waals surface area (Å²) < 4.78 is 23.7. The number of amides is 2. The van der Waals surface area contributed by atoms with Crippen molar-refractivity contribution >= 4 is 33.0 Å². The van der Waals surface area contributed by atoms with Crippen LogP contribution in [-0.2, 0) is 14.6 Å². The van der Waals surface area contributed by atoms with Crippen LogP contribution in [0.25, 0.3) is 0 Å². The van der Waals surface area contributed by atoms with Crippen LogP contribution in [0.3, 0.4) is 0 Å². The first kappa shape index (κ1) is 18.0. The molecule has 6 nitrogen and oxygen atoms in total. The second kappa shape index (κ2) is 6.96. The van der Waals surface area contributed by atoms with Gasteiger partial charge in [0, 0.05) is 25.2 Å². The third kappa shape index (κ3) is 3.67. The van der Waals surface area contributed by atoms with Crippen molar-refractivity contribution in [3.63, 3.8) is 0 Å². The third-order valence-electron chi connectivity index (χ3n) is 5.59. The van der Waals surface area contributed by atoms with Crippen LogP contribution in [-0.4, -0.2) is 66.7 Å². The van der Waals surface area contributed by atoms with Gasteiger partial charge < -0.3 is 9.80 Å². The minimum atomic E-state index is -3.02. The third-order valence-corrected chi connectivity index (χ3v) is 8.19. The number of piperidine rings is 1. The molecule has 0 spiro atoms. The monoisotopic (exact) mass is 396 g/mol. The van der Waals surface area contributed by atoms with E-state index in [9.17, 15) is 18.0 Å². The maximum atomic E-state index is 13.2. The fourth-order valence-electron chi connectivity index (χ4n) is 4.14. The highest BCUT2D eigenvalue weighted by Crippen LogP contribution is 2.35. The number of carbonyl (C=O) groups excluding carboxylic acids is 2. The summed E-state index contributed by atoms with van der Waals surface area (Å²) in [5.41, 5.74) is 0. The van der Waals surface area contributed by atoms with E-state index in [0.717, 1.165) is 25.7 Å². The molecule has 2 atom stereocenters. The van der Waals surface area contributed by atoms with Gasteiger partial charge in [0.2, 0.25) is 5.91 Å². The largest absolute Gasteiger partial charge is 0.337 e. The van der Waals surface area contributed by atoms with Crippen LogP contribution >= 0.6 is 11.3 Å². The predicted molar refractivity (Wildman–Crippen MR) is 99.9 cm³/mol. The number of rotatable bonds is 4. The van der Waals surface area contributed by atoms with E-state index in [4.69, 9.17) is 0 Å². The first-order chi connectivity index (χ1) is 12.4. The van der Waals surface area contributed by atoms with E-state index in [1.165, 1.54) is 11.3 Å². The molecular formula is C18H24N2O4S2. The number of hydrogen-bond donors (Lipinski definition) is 0. The lowest BCUT2D eigenvalue weighted by molar-refractivity contribution is -0.139. The number of carbonyl (C=O) groups is 2. The molecule has 2 unspecified atom stereocenters. The van der Waals surface area contributed by atoms with Crippen molar-refractivity contribution in [2.45, 2.75) is 44.2 Å². The minimum Gasteiger partial charge on any atom is -0.337 e. The molecule has 3 heterocycles. The van der Waals surface area contributed by atoms with Gasteiger partial charge in [0.15, 0.2) is 9.84 Å². The van der Waals surface area contributed by atoms with Gasteiger partial charge in [-0.15, -0.1) is 11.3 Å². The molecule has 8 heteroatoms. The van der Waals surface area contributed by atoms with Crippen molar-refractivity contribution in [2.75, 3.05) is 24.6 Å². The fourth-order valence-corrected chi connectivity index (χ4v) is 6.54. The van der Waals surface area contributed by atoms with Crippen LogP contribution in [0.4, 0.5) is 0 Å². The standard InChI is InChI=1S/C18H24N2O4S2/c21-17(20(14-5-6-14)15-7-10-26(23,24)12-15)13-3-1-8-19(11-13)18(22)16-4-2-9-25-16/h2,4,9,13-15H,1,3,5-8,10-12H2. The summed E-state index contributed by atoms with van der Waals surface area (Å²) >= 11 is 1.42. The molecule has 3 aliphatic rings. The van der Waals surface area contributed by atoms with E-state index in [2.05, 4.69) is 0 Å². The van der Waals surface area contributed by atoms with Gasteiger partial charge >= 0.3 is 0 Å². The van der Waals surface area contributed by atoms with Gasteiger partial charge in [-0.3, -0.25) is 9.59 Å². The number of likely N-dealkylation sites (tertiary alicyclic amines) is 1. The van der Waals surface area contributed by atoms with E-state index in [-0.39, 0.29) is 41.3 Å². The lowest BCUT2D eigenvalue weighted by atomic mass is 9.95. The van der Waals surface area contributed by atoms with E-state index in [1.807, 2.05) is 22.4 Å². The van der Waals surface area contributed by atoms with Crippen LogP contribution < -0.4 is 0 Å². The summed E-state index contributed by atoms with van der Waals surface area (Å²) in [5.74, 6) is 0.121. The lowest BCUT2D eigenvalue weighted by Gasteiger charge is -2.37. The zero-order valence-electron chi connectivity index (χ0n) is 14.7. The van der Waals surface area contributed by atoms with Crippen LogP contribution in [0, 0.1) is 5.92 Å². The summed E-state index contributed by atoms with van der Waals surface area (Å²) in [5, 5.41) is 1.88. The molecule has 1 aromatic rings. The molecule has 0 bridgehead atoms. The molecule has 2 saturated heterocycles. The van der Waals surface area contributed by atoms with E-state index in [0.29, 0.717) is 24.4 Å². The summed E-state index contributed by atoms with van der Waals surface area (Å²) in [6.45, 7) is 1.13. The van der Waals surface area contributed by atoms with Crippen LogP contribution in [0.1, 0.15) is 41.8 Å². The topological polar surface area (TPSA) is 74.8 Å². The summed E-state index contributed by atoms with van der Waals surface area (Å²) in [4.78, 5) is 30.2. The van der Waals surface area contributed by atoms with Gasteiger partial charge in [-0.1, -0.05) is 6.07 Å². The van der Waals surface area contributed by atoms with Gasteiger partial charge in [-0.25, -0.2) is 8.42 Å². The number of hydrogen-bond acceptors (Lipinski definition) is 5. The fraction of sp³-hybridized carbons (Fsp3) is 0.667. The van der Waals surface area contributed by atoms with Crippen molar-refractivity contribution < 1.29 is 18.0 Å². The molecule has 142 valence electrons. The Labute approximate surface area is 158 Å². The quantitative estimate of drug-likeness (QED) is 0.778. The van der Waals surface area contributed by atoms with E-state index < -0.39 is 9.84 Å². The summed E-state index contributed by atoms with van der Waals surface area (Å²) in [6.07, 6.45) is 4.07. The Morgan fingerprint density at radius 1 is 1.15 bits per heavy atom. The highest BCUT2D eigenvalue weighted by atomic mass is 32.2. The molecule has 3 fully saturated rings. The Bertz CT molecular complexity index is 786. The van der Waals surface area contributed by atoms with Crippen LogP contribution in [0.2, 0.25) is 0 Å². The second-order valence-corrected chi connectivity index (χ2v) is 10.8. The highest BCUT2D eigenvalue weighted by molar-refractivity contribution is 7.91. The zero-order valence-corrected chi connectivity index (χ0v) is 16.3.